The van der Waals surface area contributed by atoms with Crippen molar-refractivity contribution in [3.05, 3.63) is 68.6 Å². The molecule has 1 aromatic heterocycles. The minimum absolute atomic E-state index is 0.00842. The highest BCUT2D eigenvalue weighted by Crippen LogP contribution is 2.35. The molecule has 12 nitrogen and oxygen atoms in total. The molecule has 214 valence electrons. The zero-order chi connectivity index (χ0) is 29.5. The number of carbonyl (C=O) groups excluding carboxylic acids is 2. The van der Waals surface area contributed by atoms with Gasteiger partial charge in [-0.3, -0.25) is 19.9 Å². The van der Waals surface area contributed by atoms with Gasteiger partial charge in [0.1, 0.15) is 6.04 Å². The Labute approximate surface area is 246 Å². The van der Waals surface area contributed by atoms with Crippen molar-refractivity contribution in [3.63, 3.8) is 0 Å². The lowest BCUT2D eigenvalue weighted by molar-refractivity contribution is -0.139. The summed E-state index contributed by atoms with van der Waals surface area (Å²) >= 11 is 13.1. The van der Waals surface area contributed by atoms with E-state index in [1.54, 1.807) is 41.6 Å². The van der Waals surface area contributed by atoms with Gasteiger partial charge in [0.15, 0.2) is 6.19 Å². The lowest BCUT2D eigenvalue weighted by Gasteiger charge is -2.30. The summed E-state index contributed by atoms with van der Waals surface area (Å²) in [6, 6.07) is 5.43. The average molecular weight is 599 g/mol. The Balaban J connectivity index is 1.49. The number of pyridine rings is 1. The van der Waals surface area contributed by atoms with Crippen LogP contribution in [0, 0.1) is 11.5 Å². The van der Waals surface area contributed by atoms with Crippen molar-refractivity contribution in [3.8, 4) is 6.19 Å². The predicted octanol–water partition coefficient (Wildman–Crippen LogP) is 1.98. The maximum absolute atomic E-state index is 13.2. The number of rotatable bonds is 7. The molecular formula is C27H28Cl2N8O4. The second kappa shape index (κ2) is 13.3. The molecule has 5 N–H and O–H groups in total. The van der Waals surface area contributed by atoms with Crippen LogP contribution in [0.15, 0.2) is 41.2 Å². The van der Waals surface area contributed by atoms with Gasteiger partial charge in [-0.2, -0.15) is 5.26 Å². The molecule has 1 aromatic carbocycles. The minimum atomic E-state index is -1.40. The molecule has 14 heteroatoms. The van der Waals surface area contributed by atoms with Gasteiger partial charge in [-0.15, -0.1) is 0 Å². The van der Waals surface area contributed by atoms with Crippen molar-refractivity contribution in [2.24, 2.45) is 10.7 Å². The second-order valence-corrected chi connectivity index (χ2v) is 10.3. The zero-order valence-corrected chi connectivity index (χ0v) is 23.5. The number of carboxylic acid groups (broad SMARTS) is 1. The molecule has 1 atom stereocenters. The predicted molar refractivity (Wildman–Crippen MR) is 153 cm³/mol. The number of nitrogens with zero attached hydrogens (tertiary/aromatic N) is 5. The van der Waals surface area contributed by atoms with Crippen LogP contribution in [0.4, 0.5) is 0 Å². The van der Waals surface area contributed by atoms with E-state index in [1.165, 1.54) is 6.08 Å². The molecule has 0 unspecified atom stereocenters. The Morgan fingerprint density at radius 2 is 1.98 bits per heavy atom. The summed E-state index contributed by atoms with van der Waals surface area (Å²) < 4.78 is 0. The number of amides is 2. The summed E-state index contributed by atoms with van der Waals surface area (Å²) in [5.41, 5.74) is 7.84. The number of hydrogen-bond donors (Lipinski definition) is 4. The number of guanidine groups is 1. The van der Waals surface area contributed by atoms with Crippen LogP contribution >= 0.6 is 23.2 Å². The monoisotopic (exact) mass is 598 g/mol. The molecule has 0 bridgehead atoms. The quantitative estimate of drug-likeness (QED) is 0.122. The van der Waals surface area contributed by atoms with Crippen LogP contribution in [0.2, 0.25) is 10.0 Å². The van der Waals surface area contributed by atoms with Crippen molar-refractivity contribution in [2.75, 3.05) is 26.2 Å². The van der Waals surface area contributed by atoms with E-state index in [0.29, 0.717) is 42.9 Å². The second-order valence-electron chi connectivity index (χ2n) is 9.48. The number of aliphatic imine (C=N–C) groups is 1. The Morgan fingerprint density at radius 1 is 1.22 bits per heavy atom. The van der Waals surface area contributed by atoms with Gasteiger partial charge in [0, 0.05) is 32.4 Å². The fraction of sp³-hybridized carbons (Fsp3) is 0.333. The third-order valence-corrected chi connectivity index (χ3v) is 7.47. The van der Waals surface area contributed by atoms with Crippen LogP contribution in [0.1, 0.15) is 40.0 Å². The van der Waals surface area contributed by atoms with E-state index in [4.69, 9.17) is 34.2 Å². The molecule has 4 rings (SSSR count). The SMILES string of the molecule is N#CNC(=NC[C@H](NC(=O)c1c(Cl)cc2c(c1Cl)CCN(C(=O)C(N)=Cc1ccccn1)C2)C(=O)O)N1CCCC1. The summed E-state index contributed by atoms with van der Waals surface area (Å²) in [4.78, 5) is 49.8. The number of aromatic nitrogens is 1. The summed E-state index contributed by atoms with van der Waals surface area (Å²) in [6.45, 7) is 1.53. The Morgan fingerprint density at radius 3 is 2.63 bits per heavy atom. The van der Waals surface area contributed by atoms with Crippen molar-refractivity contribution in [2.45, 2.75) is 31.8 Å². The molecule has 1 saturated heterocycles. The number of nitriles is 1. The normalized spacial score (nSPS) is 16.0. The van der Waals surface area contributed by atoms with Crippen LogP contribution < -0.4 is 16.4 Å². The number of nitrogens with one attached hydrogen (secondary N) is 2. The van der Waals surface area contributed by atoms with Gasteiger partial charge in [-0.05, 0) is 54.7 Å². The van der Waals surface area contributed by atoms with Crippen molar-refractivity contribution in [1.29, 1.82) is 5.26 Å². The molecule has 2 aromatic rings. The van der Waals surface area contributed by atoms with E-state index in [9.17, 15) is 19.5 Å². The maximum atomic E-state index is 13.2. The number of carboxylic acids is 1. The number of likely N-dealkylation sites (tertiary alicyclic amines) is 1. The summed E-state index contributed by atoms with van der Waals surface area (Å²) in [7, 11) is 0. The molecule has 2 amide bonds. The Bertz CT molecular complexity index is 1440. The lowest BCUT2D eigenvalue weighted by Crippen LogP contribution is -2.45. The van der Waals surface area contributed by atoms with Gasteiger partial charge in [0.2, 0.25) is 5.96 Å². The summed E-state index contributed by atoms with van der Waals surface area (Å²) in [6.07, 6.45) is 7.10. The van der Waals surface area contributed by atoms with Crippen LogP contribution in [0.5, 0.6) is 0 Å². The molecule has 0 spiro atoms. The minimum Gasteiger partial charge on any atom is -0.480 e. The maximum Gasteiger partial charge on any atom is 0.328 e. The molecule has 0 saturated carbocycles. The molecule has 0 aliphatic carbocycles. The fourth-order valence-electron chi connectivity index (χ4n) is 4.69. The van der Waals surface area contributed by atoms with E-state index in [1.807, 2.05) is 4.90 Å². The first-order chi connectivity index (χ1) is 19.7. The van der Waals surface area contributed by atoms with E-state index in [0.717, 1.165) is 12.8 Å². The van der Waals surface area contributed by atoms with Gasteiger partial charge >= 0.3 is 5.97 Å². The van der Waals surface area contributed by atoms with Gasteiger partial charge in [0.25, 0.3) is 11.8 Å². The van der Waals surface area contributed by atoms with Gasteiger partial charge in [-0.25, -0.2) is 9.79 Å². The number of aliphatic carboxylic acids is 1. The number of nitrogens with two attached hydrogens (primary N) is 1. The highest BCUT2D eigenvalue weighted by atomic mass is 35.5. The highest BCUT2D eigenvalue weighted by Gasteiger charge is 2.30. The van der Waals surface area contributed by atoms with Gasteiger partial charge in [0.05, 0.1) is 33.5 Å². The lowest BCUT2D eigenvalue weighted by atomic mass is 9.96. The van der Waals surface area contributed by atoms with Gasteiger partial charge in [-0.1, -0.05) is 29.3 Å². The van der Waals surface area contributed by atoms with Gasteiger partial charge < -0.3 is 26.0 Å². The van der Waals surface area contributed by atoms with E-state index in [-0.39, 0.29) is 46.3 Å². The first-order valence-corrected chi connectivity index (χ1v) is 13.6. The van der Waals surface area contributed by atoms with Crippen molar-refractivity contribution < 1.29 is 19.5 Å². The molecule has 41 heavy (non-hydrogen) atoms. The molecule has 2 aliphatic heterocycles. The summed E-state index contributed by atoms with van der Waals surface area (Å²) in [5, 5.41) is 23.8. The molecule has 0 radical (unpaired) electrons. The van der Waals surface area contributed by atoms with Crippen LogP contribution in [0.25, 0.3) is 6.08 Å². The van der Waals surface area contributed by atoms with E-state index in [2.05, 4.69) is 20.6 Å². The fourth-order valence-corrected chi connectivity index (χ4v) is 5.45. The molecule has 2 aliphatic rings. The third kappa shape index (κ3) is 7.06. The van der Waals surface area contributed by atoms with Crippen molar-refractivity contribution in [1.82, 2.24) is 25.4 Å². The zero-order valence-electron chi connectivity index (χ0n) is 21.9. The van der Waals surface area contributed by atoms with E-state index >= 15 is 0 Å². The third-order valence-electron chi connectivity index (χ3n) is 6.76. The van der Waals surface area contributed by atoms with Crippen LogP contribution in [0.3, 0.4) is 0 Å². The standard InChI is InChI=1S/C27H28Cl2N8O4/c28-19-11-16-14-37(25(39)20(31)12-17-5-1-2-7-32-17)10-6-18(16)23(29)22(19)24(38)35-21(26(40)41)13-33-27(34-15-30)36-8-3-4-9-36/h1-2,5,7,11-12,21H,3-4,6,8-10,13-14,31H2,(H,33,34)(H,35,38)(H,40,41)/t21-/m0/s1. The number of benzene rings is 1. The number of carbonyl (C=O) groups is 3. The average Bonchev–Trinajstić information content (AvgIpc) is 3.49. The first-order valence-electron chi connectivity index (χ1n) is 12.8. The van der Waals surface area contributed by atoms with E-state index < -0.39 is 17.9 Å². The van der Waals surface area contributed by atoms with Crippen molar-refractivity contribution >= 4 is 53.0 Å². The Kier molecular flexibility index (Phi) is 9.65. The van der Waals surface area contributed by atoms with Crippen LogP contribution in [-0.2, 0) is 22.6 Å². The molecular weight excluding hydrogens is 571 g/mol. The summed E-state index contributed by atoms with van der Waals surface area (Å²) in [5.74, 6) is -2.21. The smallest absolute Gasteiger partial charge is 0.328 e. The highest BCUT2D eigenvalue weighted by molar-refractivity contribution is 6.40. The number of halogens is 2. The first kappa shape index (κ1) is 29.6. The van der Waals surface area contributed by atoms with Crippen LogP contribution in [-0.4, -0.2) is 75.9 Å². The largest absolute Gasteiger partial charge is 0.480 e. The Hall–Kier alpha value is -4.34. The topological polar surface area (TPSA) is 177 Å². The number of hydrogen-bond acceptors (Lipinski definition) is 7. The molecule has 1 fully saturated rings. The number of fused-ring (bicyclic) bond motifs is 1. The molecule has 3 heterocycles.